The van der Waals surface area contributed by atoms with E-state index in [1.54, 1.807) is 30.6 Å². The van der Waals surface area contributed by atoms with Crippen molar-refractivity contribution in [2.45, 2.75) is 17.2 Å². The highest BCUT2D eigenvalue weighted by Crippen LogP contribution is 2.22. The third-order valence-electron chi connectivity index (χ3n) is 5.06. The molecule has 0 spiro atoms. The molecule has 6 nitrogen and oxygen atoms in total. The second-order valence-electron chi connectivity index (χ2n) is 7.52. The van der Waals surface area contributed by atoms with Crippen molar-refractivity contribution in [1.82, 2.24) is 10.3 Å². The molecule has 0 fully saturated rings. The van der Waals surface area contributed by atoms with Gasteiger partial charge in [0.25, 0.3) is 0 Å². The Kier molecular flexibility index (Phi) is 6.80. The Hall–Kier alpha value is -3.97. The van der Waals surface area contributed by atoms with E-state index in [4.69, 9.17) is 0 Å². The van der Waals surface area contributed by atoms with Crippen molar-refractivity contribution in [1.29, 1.82) is 0 Å². The molecule has 3 aromatic carbocycles. The quantitative estimate of drug-likeness (QED) is 0.407. The Balaban J connectivity index is 1.36. The molecule has 0 aliphatic carbocycles. The maximum absolute atomic E-state index is 12.8. The number of sulfone groups is 1. The molecule has 2 amide bonds. The molecule has 166 valence electrons. The van der Waals surface area contributed by atoms with Gasteiger partial charge >= 0.3 is 6.03 Å². The van der Waals surface area contributed by atoms with Gasteiger partial charge in [-0.05, 0) is 52.6 Å². The average Bonchev–Trinajstić information content (AvgIpc) is 2.84. The predicted molar refractivity (Wildman–Crippen MR) is 129 cm³/mol. The van der Waals surface area contributed by atoms with Crippen LogP contribution in [0.25, 0.3) is 11.1 Å². The Morgan fingerprint density at radius 3 is 2.12 bits per heavy atom. The first-order valence-corrected chi connectivity index (χ1v) is 12.1. The third kappa shape index (κ3) is 6.05. The first-order chi connectivity index (χ1) is 16.0. The largest absolute Gasteiger partial charge is 0.334 e. The van der Waals surface area contributed by atoms with Gasteiger partial charge in [0.05, 0.1) is 10.6 Å². The molecule has 0 unspecified atom stereocenters. The highest BCUT2D eigenvalue weighted by molar-refractivity contribution is 7.90. The molecule has 4 aromatic rings. The molecule has 0 bridgehead atoms. The van der Waals surface area contributed by atoms with Crippen molar-refractivity contribution < 1.29 is 13.2 Å². The standard InChI is InChI=1S/C26H23N3O3S/c30-26(28-18-21-5-4-16-27-17-21)29-24-12-14-25(15-13-24)33(31,32)19-20-8-10-23(11-9-20)22-6-2-1-3-7-22/h1-17H,18-19H2,(H2,28,29,30). The van der Waals surface area contributed by atoms with Gasteiger partial charge in [-0.3, -0.25) is 4.98 Å². The van der Waals surface area contributed by atoms with Crippen LogP contribution in [0.15, 0.2) is 108 Å². The van der Waals surface area contributed by atoms with Crippen molar-refractivity contribution in [3.05, 3.63) is 115 Å². The van der Waals surface area contributed by atoms with Crippen LogP contribution in [0.3, 0.4) is 0 Å². The maximum atomic E-state index is 12.8. The molecular weight excluding hydrogens is 434 g/mol. The molecule has 7 heteroatoms. The number of benzene rings is 3. The Morgan fingerprint density at radius 2 is 1.45 bits per heavy atom. The van der Waals surface area contributed by atoms with Crippen molar-refractivity contribution in [2.75, 3.05) is 5.32 Å². The zero-order valence-corrected chi connectivity index (χ0v) is 18.6. The lowest BCUT2D eigenvalue weighted by Gasteiger charge is -2.09. The number of urea groups is 1. The number of nitrogens with zero attached hydrogens (tertiary/aromatic N) is 1. The van der Waals surface area contributed by atoms with E-state index in [1.165, 1.54) is 12.1 Å². The molecule has 2 N–H and O–H groups in total. The van der Waals surface area contributed by atoms with Gasteiger partial charge in [-0.1, -0.05) is 60.7 Å². The van der Waals surface area contributed by atoms with E-state index >= 15 is 0 Å². The van der Waals surface area contributed by atoms with Crippen LogP contribution < -0.4 is 10.6 Å². The van der Waals surface area contributed by atoms with Gasteiger partial charge < -0.3 is 10.6 Å². The van der Waals surface area contributed by atoms with E-state index in [2.05, 4.69) is 15.6 Å². The predicted octanol–water partition coefficient (Wildman–Crippen LogP) is 5.04. The number of pyridine rings is 1. The smallest absolute Gasteiger partial charge is 0.319 e. The van der Waals surface area contributed by atoms with Crippen molar-refractivity contribution in [3.63, 3.8) is 0 Å². The van der Waals surface area contributed by atoms with Gasteiger partial charge in [0, 0.05) is 24.6 Å². The third-order valence-corrected chi connectivity index (χ3v) is 6.77. The van der Waals surface area contributed by atoms with Crippen molar-refractivity contribution >= 4 is 21.6 Å². The fourth-order valence-corrected chi connectivity index (χ4v) is 4.68. The molecular formula is C26H23N3O3S. The molecule has 1 heterocycles. The van der Waals surface area contributed by atoms with Gasteiger partial charge in [0.1, 0.15) is 0 Å². The lowest BCUT2D eigenvalue weighted by molar-refractivity contribution is 0.251. The molecule has 0 saturated carbocycles. The van der Waals surface area contributed by atoms with E-state index in [0.717, 1.165) is 16.7 Å². The normalized spacial score (nSPS) is 11.0. The number of hydrogen-bond donors (Lipinski definition) is 2. The SMILES string of the molecule is O=C(NCc1cccnc1)Nc1ccc(S(=O)(=O)Cc2ccc(-c3ccccc3)cc2)cc1. The minimum atomic E-state index is -3.52. The lowest BCUT2D eigenvalue weighted by Crippen LogP contribution is -2.28. The highest BCUT2D eigenvalue weighted by atomic mass is 32.2. The van der Waals surface area contributed by atoms with Crippen LogP contribution in [0.1, 0.15) is 11.1 Å². The highest BCUT2D eigenvalue weighted by Gasteiger charge is 2.16. The molecule has 0 aliphatic heterocycles. The Labute approximate surface area is 193 Å². The number of carbonyl (C=O) groups excluding carboxylic acids is 1. The van der Waals surface area contributed by atoms with Crippen LogP contribution in [-0.4, -0.2) is 19.4 Å². The number of nitrogens with one attached hydrogen (secondary N) is 2. The molecule has 0 atom stereocenters. The fourth-order valence-electron chi connectivity index (χ4n) is 3.33. The van der Waals surface area contributed by atoms with Crippen molar-refractivity contribution in [2.24, 2.45) is 0 Å². The van der Waals surface area contributed by atoms with Gasteiger partial charge in [0.15, 0.2) is 9.84 Å². The van der Waals surface area contributed by atoms with Crippen LogP contribution in [0.4, 0.5) is 10.5 Å². The van der Waals surface area contributed by atoms with Gasteiger partial charge in [-0.15, -0.1) is 0 Å². The molecule has 0 saturated heterocycles. The summed E-state index contributed by atoms with van der Waals surface area (Å²) in [6, 6.07) is 26.9. The summed E-state index contributed by atoms with van der Waals surface area (Å²) >= 11 is 0. The van der Waals surface area contributed by atoms with E-state index in [-0.39, 0.29) is 16.7 Å². The Bertz CT molecular complexity index is 1310. The topological polar surface area (TPSA) is 88.2 Å². The van der Waals surface area contributed by atoms with Crippen LogP contribution in [-0.2, 0) is 22.1 Å². The number of anilines is 1. The summed E-state index contributed by atoms with van der Waals surface area (Å²) in [5, 5.41) is 5.43. The van der Waals surface area contributed by atoms with E-state index < -0.39 is 9.84 Å². The molecule has 4 rings (SSSR count). The van der Waals surface area contributed by atoms with Crippen LogP contribution >= 0.6 is 0 Å². The summed E-state index contributed by atoms with van der Waals surface area (Å²) in [5.74, 6) is -0.0968. The minimum Gasteiger partial charge on any atom is -0.334 e. The van der Waals surface area contributed by atoms with Crippen LogP contribution in [0, 0.1) is 0 Å². The Morgan fingerprint density at radius 1 is 0.758 bits per heavy atom. The fraction of sp³-hybridized carbons (Fsp3) is 0.0769. The summed E-state index contributed by atoms with van der Waals surface area (Å²) in [5.41, 5.74) is 4.22. The zero-order chi connectivity index (χ0) is 23.1. The zero-order valence-electron chi connectivity index (χ0n) is 17.8. The van der Waals surface area contributed by atoms with Crippen LogP contribution in [0.5, 0.6) is 0 Å². The lowest BCUT2D eigenvalue weighted by atomic mass is 10.0. The molecule has 33 heavy (non-hydrogen) atoms. The summed E-state index contributed by atoms with van der Waals surface area (Å²) in [4.78, 5) is 16.3. The minimum absolute atomic E-state index is 0.0968. The number of hydrogen-bond acceptors (Lipinski definition) is 4. The van der Waals surface area contributed by atoms with E-state index in [9.17, 15) is 13.2 Å². The number of amides is 2. The average molecular weight is 458 g/mol. The number of carbonyl (C=O) groups is 1. The monoisotopic (exact) mass is 457 g/mol. The first kappa shape index (κ1) is 22.2. The summed E-state index contributed by atoms with van der Waals surface area (Å²) in [7, 11) is -3.52. The van der Waals surface area contributed by atoms with E-state index in [1.807, 2.05) is 60.7 Å². The van der Waals surface area contributed by atoms with E-state index in [0.29, 0.717) is 17.8 Å². The second kappa shape index (κ2) is 10.1. The number of aromatic nitrogens is 1. The van der Waals surface area contributed by atoms with Gasteiger partial charge in [0.2, 0.25) is 0 Å². The van der Waals surface area contributed by atoms with Gasteiger partial charge in [-0.2, -0.15) is 0 Å². The molecule has 0 aliphatic rings. The van der Waals surface area contributed by atoms with Gasteiger partial charge in [-0.25, -0.2) is 13.2 Å². The number of rotatable bonds is 7. The molecule has 0 radical (unpaired) electrons. The maximum Gasteiger partial charge on any atom is 0.319 e. The van der Waals surface area contributed by atoms with Crippen LogP contribution in [0.2, 0.25) is 0 Å². The first-order valence-electron chi connectivity index (χ1n) is 10.4. The molecule has 1 aromatic heterocycles. The van der Waals surface area contributed by atoms with Crippen molar-refractivity contribution in [3.8, 4) is 11.1 Å². The second-order valence-corrected chi connectivity index (χ2v) is 9.50. The summed E-state index contributed by atoms with van der Waals surface area (Å²) in [6.07, 6.45) is 3.34. The summed E-state index contributed by atoms with van der Waals surface area (Å²) in [6.45, 7) is 0.342. The summed E-state index contributed by atoms with van der Waals surface area (Å²) < 4.78 is 25.7.